The van der Waals surface area contributed by atoms with Gasteiger partial charge in [-0.2, -0.15) is 0 Å². The van der Waals surface area contributed by atoms with E-state index in [-0.39, 0.29) is 6.61 Å². The van der Waals surface area contributed by atoms with E-state index in [1.807, 2.05) is 26.0 Å². The minimum Gasteiger partial charge on any atom is -0.482 e. The first-order chi connectivity index (χ1) is 11.8. The van der Waals surface area contributed by atoms with Crippen LogP contribution in [-0.2, 0) is 4.79 Å². The lowest BCUT2D eigenvalue weighted by Crippen LogP contribution is -2.18. The SMILES string of the molecule is CCC(C)c1ccc(OC(=O)COc2cc(C)c(Cl)c(C)c2)c(Br)c1. The molecule has 0 aliphatic carbocycles. The number of ether oxygens (including phenoxy) is 2. The van der Waals surface area contributed by atoms with Crippen LogP contribution in [0, 0.1) is 13.8 Å². The second kappa shape index (κ2) is 8.72. The summed E-state index contributed by atoms with van der Waals surface area (Å²) in [6.45, 7) is 7.94. The van der Waals surface area contributed by atoms with Crippen LogP contribution in [0.25, 0.3) is 0 Å². The Balaban J connectivity index is 1.99. The van der Waals surface area contributed by atoms with Crippen molar-refractivity contribution in [2.45, 2.75) is 40.0 Å². The lowest BCUT2D eigenvalue weighted by Gasteiger charge is -2.13. The van der Waals surface area contributed by atoms with Crippen LogP contribution in [0.3, 0.4) is 0 Å². The molecule has 0 saturated heterocycles. The fourth-order valence-electron chi connectivity index (χ4n) is 2.43. The first-order valence-corrected chi connectivity index (χ1v) is 9.38. The molecule has 3 nitrogen and oxygen atoms in total. The Bertz CT molecular complexity index is 751. The Kier molecular flexibility index (Phi) is 6.91. The molecule has 5 heteroatoms. The van der Waals surface area contributed by atoms with Crippen LogP contribution < -0.4 is 9.47 Å². The van der Waals surface area contributed by atoms with Crippen molar-refractivity contribution in [1.29, 1.82) is 0 Å². The molecule has 1 unspecified atom stereocenters. The molecule has 0 aliphatic rings. The summed E-state index contributed by atoms with van der Waals surface area (Å²) in [6, 6.07) is 9.39. The highest BCUT2D eigenvalue weighted by atomic mass is 79.9. The van der Waals surface area contributed by atoms with E-state index >= 15 is 0 Å². The highest BCUT2D eigenvalue weighted by Gasteiger charge is 2.12. The average Bonchev–Trinajstić information content (AvgIpc) is 2.58. The molecular weight excluding hydrogens is 404 g/mol. The molecule has 0 bridgehead atoms. The van der Waals surface area contributed by atoms with Crippen molar-refractivity contribution in [3.8, 4) is 11.5 Å². The van der Waals surface area contributed by atoms with Gasteiger partial charge in [0, 0.05) is 5.02 Å². The highest BCUT2D eigenvalue weighted by molar-refractivity contribution is 9.10. The van der Waals surface area contributed by atoms with E-state index in [9.17, 15) is 4.79 Å². The van der Waals surface area contributed by atoms with E-state index < -0.39 is 5.97 Å². The largest absolute Gasteiger partial charge is 0.482 e. The molecular formula is C20H22BrClO3. The second-order valence-corrected chi connectivity index (χ2v) is 7.37. The van der Waals surface area contributed by atoms with Gasteiger partial charge < -0.3 is 9.47 Å². The quantitative estimate of drug-likeness (QED) is 0.407. The lowest BCUT2D eigenvalue weighted by atomic mass is 9.99. The van der Waals surface area contributed by atoms with Crippen LogP contribution in [0.4, 0.5) is 0 Å². The van der Waals surface area contributed by atoms with Gasteiger partial charge in [0.2, 0.25) is 0 Å². The smallest absolute Gasteiger partial charge is 0.349 e. The number of benzene rings is 2. The van der Waals surface area contributed by atoms with Crippen molar-refractivity contribution in [2.24, 2.45) is 0 Å². The first-order valence-electron chi connectivity index (χ1n) is 8.21. The van der Waals surface area contributed by atoms with Gasteiger partial charge in [-0.25, -0.2) is 4.79 Å². The molecule has 2 rings (SSSR count). The van der Waals surface area contributed by atoms with E-state index in [1.165, 1.54) is 5.56 Å². The maximum atomic E-state index is 12.1. The third kappa shape index (κ3) is 5.23. The monoisotopic (exact) mass is 424 g/mol. The maximum absolute atomic E-state index is 12.1. The van der Waals surface area contributed by atoms with E-state index in [2.05, 4.69) is 29.8 Å². The molecule has 0 spiro atoms. The summed E-state index contributed by atoms with van der Waals surface area (Å²) in [5.41, 5.74) is 3.03. The average molecular weight is 426 g/mol. The molecule has 0 aromatic heterocycles. The van der Waals surface area contributed by atoms with Crippen LogP contribution in [0.2, 0.25) is 5.02 Å². The van der Waals surface area contributed by atoms with E-state index in [4.69, 9.17) is 21.1 Å². The third-order valence-corrected chi connectivity index (χ3v) is 5.34. The van der Waals surface area contributed by atoms with Gasteiger partial charge in [0.15, 0.2) is 6.61 Å². The summed E-state index contributed by atoms with van der Waals surface area (Å²) >= 11 is 9.59. The van der Waals surface area contributed by atoms with Crippen molar-refractivity contribution in [3.63, 3.8) is 0 Å². The summed E-state index contributed by atoms with van der Waals surface area (Å²) in [6.07, 6.45) is 1.05. The number of hydrogen-bond acceptors (Lipinski definition) is 3. The van der Waals surface area contributed by atoms with E-state index in [1.54, 1.807) is 18.2 Å². The van der Waals surface area contributed by atoms with Crippen LogP contribution in [-0.4, -0.2) is 12.6 Å². The summed E-state index contributed by atoms with van der Waals surface area (Å²) in [7, 11) is 0. The van der Waals surface area contributed by atoms with Crippen LogP contribution >= 0.6 is 27.5 Å². The van der Waals surface area contributed by atoms with Gasteiger partial charge in [-0.3, -0.25) is 0 Å². The van der Waals surface area contributed by atoms with E-state index in [0.717, 1.165) is 22.0 Å². The molecule has 0 heterocycles. The molecule has 0 amide bonds. The predicted molar refractivity (Wildman–Crippen MR) is 105 cm³/mol. The number of carbonyl (C=O) groups excluding carboxylic acids is 1. The Hall–Kier alpha value is -1.52. The highest BCUT2D eigenvalue weighted by Crippen LogP contribution is 2.30. The molecule has 0 radical (unpaired) electrons. The van der Waals surface area contributed by atoms with E-state index in [0.29, 0.717) is 22.4 Å². The molecule has 0 N–H and O–H groups in total. The van der Waals surface area contributed by atoms with Crippen molar-refractivity contribution < 1.29 is 14.3 Å². The Morgan fingerprint density at radius 1 is 1.20 bits per heavy atom. The molecule has 134 valence electrons. The van der Waals surface area contributed by atoms with Gasteiger partial charge >= 0.3 is 5.97 Å². The van der Waals surface area contributed by atoms with Crippen LogP contribution in [0.1, 0.15) is 42.9 Å². The van der Waals surface area contributed by atoms with Crippen molar-refractivity contribution in [1.82, 2.24) is 0 Å². The second-order valence-electron chi connectivity index (χ2n) is 6.13. The topological polar surface area (TPSA) is 35.5 Å². The number of carbonyl (C=O) groups is 1. The van der Waals surface area contributed by atoms with Crippen LogP contribution in [0.15, 0.2) is 34.8 Å². The minimum atomic E-state index is -0.456. The number of aryl methyl sites for hydroxylation is 2. The Morgan fingerprint density at radius 2 is 1.84 bits per heavy atom. The summed E-state index contributed by atoms with van der Waals surface area (Å²) in [5, 5.41) is 0.709. The fraction of sp³-hybridized carbons (Fsp3) is 0.350. The molecule has 1 atom stereocenters. The van der Waals surface area contributed by atoms with Gasteiger partial charge in [0.05, 0.1) is 4.47 Å². The summed E-state index contributed by atoms with van der Waals surface area (Å²) in [4.78, 5) is 12.1. The Morgan fingerprint density at radius 3 is 2.40 bits per heavy atom. The molecule has 0 fully saturated rings. The van der Waals surface area contributed by atoms with Gasteiger partial charge in [0.1, 0.15) is 11.5 Å². The van der Waals surface area contributed by atoms with Crippen molar-refractivity contribution in [3.05, 3.63) is 56.5 Å². The zero-order valence-corrected chi connectivity index (χ0v) is 17.2. The number of halogens is 2. The zero-order valence-electron chi connectivity index (χ0n) is 14.9. The number of hydrogen-bond donors (Lipinski definition) is 0. The van der Waals surface area contributed by atoms with Gasteiger partial charge in [-0.1, -0.05) is 31.5 Å². The maximum Gasteiger partial charge on any atom is 0.349 e. The minimum absolute atomic E-state index is 0.167. The van der Waals surface area contributed by atoms with Gasteiger partial charge in [-0.05, 0) is 83.1 Å². The third-order valence-electron chi connectivity index (χ3n) is 4.13. The predicted octanol–water partition coefficient (Wildman–Crippen LogP) is 6.22. The molecule has 0 aliphatic heterocycles. The lowest BCUT2D eigenvalue weighted by molar-refractivity contribution is -0.136. The fourth-order valence-corrected chi connectivity index (χ4v) is 3.01. The van der Waals surface area contributed by atoms with Gasteiger partial charge in [0.25, 0.3) is 0 Å². The summed E-state index contributed by atoms with van der Waals surface area (Å²) < 4.78 is 11.7. The van der Waals surface area contributed by atoms with Crippen LogP contribution in [0.5, 0.6) is 11.5 Å². The normalized spacial score (nSPS) is 11.9. The van der Waals surface area contributed by atoms with Crippen molar-refractivity contribution >= 4 is 33.5 Å². The van der Waals surface area contributed by atoms with Crippen molar-refractivity contribution in [2.75, 3.05) is 6.61 Å². The molecule has 25 heavy (non-hydrogen) atoms. The number of esters is 1. The molecule has 2 aromatic rings. The standard InChI is InChI=1S/C20H22BrClO3/c1-5-12(2)15-6-7-18(17(21)10-15)25-19(23)11-24-16-8-13(3)20(22)14(4)9-16/h6-10,12H,5,11H2,1-4H3. The Labute approximate surface area is 162 Å². The summed E-state index contributed by atoms with van der Waals surface area (Å²) in [5.74, 6) is 1.09. The molecule has 0 saturated carbocycles. The number of rotatable bonds is 6. The van der Waals surface area contributed by atoms with Gasteiger partial charge in [-0.15, -0.1) is 0 Å². The first kappa shape index (κ1) is 19.8. The zero-order chi connectivity index (χ0) is 18.6. The molecule has 2 aromatic carbocycles.